The van der Waals surface area contributed by atoms with E-state index in [1.165, 1.54) is 37.0 Å². The summed E-state index contributed by atoms with van der Waals surface area (Å²) in [5, 5.41) is 9.10. The monoisotopic (exact) mass is 369 g/mol. The van der Waals surface area contributed by atoms with Gasteiger partial charge in [-0.05, 0) is 22.2 Å². The molecule has 6 rings (SSSR count). The molecule has 0 amide bonds. The molecule has 3 heteroatoms. The molecule has 0 bridgehead atoms. The molecule has 0 saturated heterocycles. The average Bonchev–Trinajstić information content (AvgIpc) is 3.08. The van der Waals surface area contributed by atoms with Gasteiger partial charge in [0.1, 0.15) is 5.15 Å². The van der Waals surface area contributed by atoms with Gasteiger partial charge in [-0.2, -0.15) is 0 Å². The summed E-state index contributed by atoms with van der Waals surface area (Å²) >= 11 is 8.34. The van der Waals surface area contributed by atoms with Crippen molar-refractivity contribution in [1.29, 1.82) is 0 Å². The van der Waals surface area contributed by atoms with Gasteiger partial charge in [0.2, 0.25) is 0 Å². The standard InChI is InChI=1S/C23H12ClNS/c24-23-22-20(17-7-3-4-8-19(17)26-22)18-12-11-15-14-6-2-1-5-13(14)9-10-16(15)21(18)25-23/h1-12H. The number of pyridine rings is 1. The van der Waals surface area contributed by atoms with Crippen LogP contribution in [0.2, 0.25) is 5.15 Å². The van der Waals surface area contributed by atoms with E-state index in [9.17, 15) is 0 Å². The molecule has 26 heavy (non-hydrogen) atoms. The Morgan fingerprint density at radius 3 is 2.31 bits per heavy atom. The molecule has 0 saturated carbocycles. The lowest BCUT2D eigenvalue weighted by molar-refractivity contribution is 1.47. The van der Waals surface area contributed by atoms with Crippen LogP contribution in [0.25, 0.3) is 52.6 Å². The molecule has 4 aromatic carbocycles. The lowest BCUT2D eigenvalue weighted by Gasteiger charge is -2.09. The van der Waals surface area contributed by atoms with Crippen LogP contribution in [0, 0.1) is 0 Å². The molecule has 0 radical (unpaired) electrons. The van der Waals surface area contributed by atoms with E-state index in [0.29, 0.717) is 5.15 Å². The Kier molecular flexibility index (Phi) is 2.88. The van der Waals surface area contributed by atoms with Crippen LogP contribution in [0.3, 0.4) is 0 Å². The normalized spacial score (nSPS) is 12.0. The van der Waals surface area contributed by atoms with Crippen molar-refractivity contribution in [1.82, 2.24) is 4.98 Å². The summed E-state index contributed by atoms with van der Waals surface area (Å²) in [6.45, 7) is 0. The summed E-state index contributed by atoms with van der Waals surface area (Å²) in [5.41, 5.74) is 0.981. The summed E-state index contributed by atoms with van der Waals surface area (Å²) in [6.07, 6.45) is 0. The van der Waals surface area contributed by atoms with Gasteiger partial charge in [-0.25, -0.2) is 4.98 Å². The van der Waals surface area contributed by atoms with Gasteiger partial charge < -0.3 is 0 Å². The first-order valence-electron chi connectivity index (χ1n) is 8.52. The van der Waals surface area contributed by atoms with Gasteiger partial charge in [-0.15, -0.1) is 11.3 Å². The first-order valence-corrected chi connectivity index (χ1v) is 9.71. The number of benzene rings is 4. The molecule has 6 aromatic rings. The zero-order valence-electron chi connectivity index (χ0n) is 13.7. The topological polar surface area (TPSA) is 12.9 Å². The van der Waals surface area contributed by atoms with Gasteiger partial charge in [0, 0.05) is 26.2 Å². The maximum Gasteiger partial charge on any atom is 0.147 e. The first-order chi connectivity index (χ1) is 12.8. The van der Waals surface area contributed by atoms with Gasteiger partial charge in [0.05, 0.1) is 10.2 Å². The van der Waals surface area contributed by atoms with Crippen molar-refractivity contribution in [2.24, 2.45) is 0 Å². The number of aromatic nitrogens is 1. The molecular weight excluding hydrogens is 358 g/mol. The van der Waals surface area contributed by atoms with Crippen molar-refractivity contribution >= 4 is 75.6 Å². The van der Waals surface area contributed by atoms with Gasteiger partial charge in [-0.3, -0.25) is 0 Å². The third-order valence-electron chi connectivity index (χ3n) is 5.16. The second-order valence-electron chi connectivity index (χ2n) is 6.55. The van der Waals surface area contributed by atoms with E-state index < -0.39 is 0 Å². The van der Waals surface area contributed by atoms with Gasteiger partial charge in [-0.1, -0.05) is 78.3 Å². The number of hydrogen-bond donors (Lipinski definition) is 0. The molecule has 122 valence electrons. The molecule has 1 nitrogen and oxygen atoms in total. The van der Waals surface area contributed by atoms with E-state index in [0.717, 1.165) is 15.6 Å². The molecule has 0 aliphatic rings. The fraction of sp³-hybridized carbons (Fsp3) is 0. The highest BCUT2D eigenvalue weighted by atomic mass is 35.5. The van der Waals surface area contributed by atoms with Crippen LogP contribution in [-0.2, 0) is 0 Å². The molecule has 0 spiro atoms. The van der Waals surface area contributed by atoms with Gasteiger partial charge in [0.15, 0.2) is 0 Å². The third-order valence-corrected chi connectivity index (χ3v) is 6.72. The van der Waals surface area contributed by atoms with Crippen molar-refractivity contribution < 1.29 is 0 Å². The zero-order chi connectivity index (χ0) is 17.3. The third kappa shape index (κ3) is 1.83. The molecule has 2 aromatic heterocycles. The van der Waals surface area contributed by atoms with E-state index in [2.05, 4.69) is 72.8 Å². The fourth-order valence-electron chi connectivity index (χ4n) is 4.00. The van der Waals surface area contributed by atoms with Crippen LogP contribution in [0.1, 0.15) is 0 Å². The fourth-order valence-corrected chi connectivity index (χ4v) is 5.39. The second-order valence-corrected chi connectivity index (χ2v) is 7.96. The number of fused-ring (bicyclic) bond motifs is 9. The Bertz CT molecular complexity index is 1500. The highest BCUT2D eigenvalue weighted by molar-refractivity contribution is 7.26. The Hall–Kier alpha value is -2.68. The largest absolute Gasteiger partial charge is 0.234 e. The minimum absolute atomic E-state index is 0.592. The quantitative estimate of drug-likeness (QED) is 0.199. The summed E-state index contributed by atoms with van der Waals surface area (Å²) in [6, 6.07) is 25.7. The summed E-state index contributed by atoms with van der Waals surface area (Å²) in [7, 11) is 0. The minimum atomic E-state index is 0.592. The lowest BCUT2D eigenvalue weighted by atomic mass is 9.98. The summed E-state index contributed by atoms with van der Waals surface area (Å²) in [4.78, 5) is 4.81. The number of hydrogen-bond acceptors (Lipinski definition) is 2. The molecule has 2 heterocycles. The number of thiophene rings is 1. The predicted octanol–water partition coefficient (Wildman–Crippen LogP) is 7.56. The van der Waals surface area contributed by atoms with Crippen molar-refractivity contribution in [3.8, 4) is 0 Å². The van der Waals surface area contributed by atoms with E-state index in [4.69, 9.17) is 16.6 Å². The summed E-state index contributed by atoms with van der Waals surface area (Å²) in [5.74, 6) is 0. The van der Waals surface area contributed by atoms with E-state index in [1.54, 1.807) is 11.3 Å². The van der Waals surface area contributed by atoms with Crippen LogP contribution in [0.4, 0.5) is 0 Å². The van der Waals surface area contributed by atoms with E-state index >= 15 is 0 Å². The highest BCUT2D eigenvalue weighted by Gasteiger charge is 2.15. The summed E-state index contributed by atoms with van der Waals surface area (Å²) < 4.78 is 2.32. The Labute approximate surface area is 158 Å². The van der Waals surface area contributed by atoms with E-state index in [1.807, 2.05) is 0 Å². The lowest BCUT2D eigenvalue weighted by Crippen LogP contribution is -1.86. The van der Waals surface area contributed by atoms with Gasteiger partial charge in [0.25, 0.3) is 0 Å². The number of rotatable bonds is 0. The first kappa shape index (κ1) is 14.5. The van der Waals surface area contributed by atoms with Crippen LogP contribution < -0.4 is 0 Å². The van der Waals surface area contributed by atoms with Crippen molar-refractivity contribution in [3.63, 3.8) is 0 Å². The maximum atomic E-state index is 6.63. The van der Waals surface area contributed by atoms with Crippen LogP contribution in [-0.4, -0.2) is 4.98 Å². The molecule has 0 aliphatic heterocycles. The zero-order valence-corrected chi connectivity index (χ0v) is 15.2. The van der Waals surface area contributed by atoms with Crippen LogP contribution in [0.15, 0.2) is 72.8 Å². The molecule has 0 fully saturated rings. The molecule has 0 N–H and O–H groups in total. The molecule has 0 unspecified atom stereocenters. The van der Waals surface area contributed by atoms with Crippen molar-refractivity contribution in [3.05, 3.63) is 77.9 Å². The molecule has 0 aliphatic carbocycles. The van der Waals surface area contributed by atoms with Crippen molar-refractivity contribution in [2.45, 2.75) is 0 Å². The smallest absolute Gasteiger partial charge is 0.147 e. The highest BCUT2D eigenvalue weighted by Crippen LogP contribution is 2.43. The molecule has 0 atom stereocenters. The Morgan fingerprint density at radius 2 is 1.38 bits per heavy atom. The molecular formula is C23H12ClNS. The number of halogens is 1. The SMILES string of the molecule is Clc1nc2c3ccc4ccccc4c3ccc2c2c1sc1ccccc12. The van der Waals surface area contributed by atoms with Crippen molar-refractivity contribution in [2.75, 3.05) is 0 Å². The predicted molar refractivity (Wildman–Crippen MR) is 115 cm³/mol. The number of nitrogens with zero attached hydrogens (tertiary/aromatic N) is 1. The van der Waals surface area contributed by atoms with Crippen LogP contribution >= 0.6 is 22.9 Å². The Balaban J connectivity index is 1.90. The second kappa shape index (κ2) is 5.16. The van der Waals surface area contributed by atoms with Gasteiger partial charge >= 0.3 is 0 Å². The minimum Gasteiger partial charge on any atom is -0.234 e. The van der Waals surface area contributed by atoms with E-state index in [-0.39, 0.29) is 0 Å². The van der Waals surface area contributed by atoms with Crippen LogP contribution in [0.5, 0.6) is 0 Å². The average molecular weight is 370 g/mol. The Morgan fingerprint density at radius 1 is 0.654 bits per heavy atom. The maximum absolute atomic E-state index is 6.63.